The molecule has 0 bridgehead atoms. The molecule has 1 aromatic heterocycles. The lowest BCUT2D eigenvalue weighted by Crippen LogP contribution is -2.26. The van der Waals surface area contributed by atoms with Gasteiger partial charge in [0, 0.05) is 18.6 Å². The number of rotatable bonds is 6. The van der Waals surface area contributed by atoms with Crippen LogP contribution in [0.5, 0.6) is 0 Å². The van der Waals surface area contributed by atoms with E-state index in [1.165, 1.54) is 0 Å². The van der Waals surface area contributed by atoms with Crippen LogP contribution in [-0.2, 0) is 20.7 Å². The zero-order valence-electron chi connectivity index (χ0n) is 13.2. The van der Waals surface area contributed by atoms with E-state index in [9.17, 15) is 4.79 Å². The first kappa shape index (κ1) is 15.8. The maximum Gasteiger partial charge on any atom is 0.306 e. The second-order valence-corrected chi connectivity index (χ2v) is 5.80. The zero-order chi connectivity index (χ0) is 15.9. The summed E-state index contributed by atoms with van der Waals surface area (Å²) in [7, 11) is 0. The van der Waals surface area contributed by atoms with E-state index in [0.717, 1.165) is 43.0 Å². The van der Waals surface area contributed by atoms with E-state index >= 15 is 0 Å². The van der Waals surface area contributed by atoms with E-state index in [-0.39, 0.29) is 12.1 Å². The lowest BCUT2D eigenvalue weighted by Gasteiger charge is -2.21. The molecule has 2 heterocycles. The molecule has 0 amide bonds. The van der Waals surface area contributed by atoms with E-state index in [1.807, 2.05) is 42.5 Å². The van der Waals surface area contributed by atoms with Crippen LogP contribution in [0.15, 0.2) is 46.9 Å². The Bertz CT molecular complexity index is 611. The third kappa shape index (κ3) is 4.70. The first-order valence-corrected chi connectivity index (χ1v) is 8.22. The molecule has 1 unspecified atom stereocenters. The highest BCUT2D eigenvalue weighted by Gasteiger charge is 2.16. The third-order valence-electron chi connectivity index (χ3n) is 4.00. The molecule has 1 atom stereocenters. The second kappa shape index (κ2) is 7.97. The highest BCUT2D eigenvalue weighted by Crippen LogP contribution is 2.22. The fraction of sp³-hybridized carbons (Fsp3) is 0.421. The van der Waals surface area contributed by atoms with Gasteiger partial charge in [-0.05, 0) is 31.4 Å². The Morgan fingerprint density at radius 3 is 2.78 bits per heavy atom. The number of carbonyl (C=O) groups is 1. The summed E-state index contributed by atoms with van der Waals surface area (Å²) in [5.41, 5.74) is 1.04. The lowest BCUT2D eigenvalue weighted by atomic mass is 10.1. The van der Waals surface area contributed by atoms with Crippen LogP contribution < -0.4 is 0 Å². The predicted molar refractivity (Wildman–Crippen MR) is 87.0 cm³/mol. The Morgan fingerprint density at radius 2 is 2.00 bits per heavy atom. The van der Waals surface area contributed by atoms with Crippen molar-refractivity contribution in [1.29, 1.82) is 0 Å². The maximum absolute atomic E-state index is 11.8. The predicted octanol–water partition coefficient (Wildman–Crippen LogP) is 3.99. The molecule has 1 aromatic carbocycles. The molecule has 1 aliphatic heterocycles. The van der Waals surface area contributed by atoms with Crippen molar-refractivity contribution in [2.75, 3.05) is 13.2 Å². The number of carbonyl (C=O) groups excluding carboxylic acids is 1. The molecule has 2 aromatic rings. The highest BCUT2D eigenvalue weighted by molar-refractivity contribution is 5.69. The first-order valence-electron chi connectivity index (χ1n) is 8.22. The Labute approximate surface area is 136 Å². The number of aryl methyl sites for hydroxylation is 1. The molecule has 0 spiro atoms. The quantitative estimate of drug-likeness (QED) is 0.756. The molecular formula is C19H22O4. The minimum atomic E-state index is -0.197. The van der Waals surface area contributed by atoms with Crippen LogP contribution in [0, 0.1) is 0 Å². The zero-order valence-corrected chi connectivity index (χ0v) is 13.2. The van der Waals surface area contributed by atoms with Gasteiger partial charge in [0.05, 0.1) is 12.5 Å². The lowest BCUT2D eigenvalue weighted by molar-refractivity contribution is -0.149. The summed E-state index contributed by atoms with van der Waals surface area (Å²) in [6, 6.07) is 13.8. The molecule has 122 valence electrons. The number of benzene rings is 1. The summed E-state index contributed by atoms with van der Waals surface area (Å²) in [5, 5.41) is 0. The SMILES string of the molecule is O=C(CCc1ccc(-c2ccccc2)o1)OCC1CCCCO1. The van der Waals surface area contributed by atoms with Crippen molar-refractivity contribution in [3.63, 3.8) is 0 Å². The van der Waals surface area contributed by atoms with Crippen molar-refractivity contribution in [3.8, 4) is 11.3 Å². The largest absolute Gasteiger partial charge is 0.463 e. The van der Waals surface area contributed by atoms with Gasteiger partial charge in [0.1, 0.15) is 18.1 Å². The summed E-state index contributed by atoms with van der Waals surface area (Å²) in [6.45, 7) is 1.14. The molecule has 0 N–H and O–H groups in total. The molecule has 1 aliphatic rings. The van der Waals surface area contributed by atoms with Gasteiger partial charge in [0.15, 0.2) is 0 Å². The average molecular weight is 314 g/mol. The van der Waals surface area contributed by atoms with Crippen molar-refractivity contribution < 1.29 is 18.7 Å². The van der Waals surface area contributed by atoms with Crippen LogP contribution in [-0.4, -0.2) is 25.3 Å². The molecular weight excluding hydrogens is 292 g/mol. The van der Waals surface area contributed by atoms with E-state index in [2.05, 4.69) is 0 Å². The Balaban J connectivity index is 1.43. The minimum absolute atomic E-state index is 0.0704. The monoisotopic (exact) mass is 314 g/mol. The first-order chi connectivity index (χ1) is 11.3. The minimum Gasteiger partial charge on any atom is -0.463 e. The Morgan fingerprint density at radius 1 is 1.13 bits per heavy atom. The smallest absolute Gasteiger partial charge is 0.306 e. The van der Waals surface area contributed by atoms with Crippen LogP contribution >= 0.6 is 0 Å². The van der Waals surface area contributed by atoms with Crippen molar-refractivity contribution in [2.24, 2.45) is 0 Å². The summed E-state index contributed by atoms with van der Waals surface area (Å²) < 4.78 is 16.6. The molecule has 23 heavy (non-hydrogen) atoms. The fourth-order valence-corrected chi connectivity index (χ4v) is 2.69. The van der Waals surface area contributed by atoms with Gasteiger partial charge < -0.3 is 13.9 Å². The van der Waals surface area contributed by atoms with Gasteiger partial charge in [-0.3, -0.25) is 4.79 Å². The number of furan rings is 1. The van der Waals surface area contributed by atoms with Gasteiger partial charge in [-0.15, -0.1) is 0 Å². The third-order valence-corrected chi connectivity index (χ3v) is 4.00. The standard InChI is InChI=1S/C19H22O4/c20-19(22-14-17-8-4-5-13-21-17)12-10-16-9-11-18(23-16)15-6-2-1-3-7-15/h1-3,6-7,9,11,17H,4-5,8,10,12-14H2. The molecule has 1 saturated heterocycles. The van der Waals surface area contributed by atoms with E-state index in [1.54, 1.807) is 0 Å². The van der Waals surface area contributed by atoms with Crippen molar-refractivity contribution in [1.82, 2.24) is 0 Å². The van der Waals surface area contributed by atoms with Crippen molar-refractivity contribution in [2.45, 2.75) is 38.2 Å². The number of esters is 1. The van der Waals surface area contributed by atoms with Crippen LogP contribution in [0.4, 0.5) is 0 Å². The van der Waals surface area contributed by atoms with Gasteiger partial charge in [-0.1, -0.05) is 30.3 Å². The number of ether oxygens (including phenoxy) is 2. The van der Waals surface area contributed by atoms with E-state index < -0.39 is 0 Å². The molecule has 3 rings (SSSR count). The van der Waals surface area contributed by atoms with Gasteiger partial charge in [0.25, 0.3) is 0 Å². The molecule has 0 aliphatic carbocycles. The topological polar surface area (TPSA) is 48.7 Å². The Hall–Kier alpha value is -2.07. The molecule has 0 radical (unpaired) electrons. The normalized spacial score (nSPS) is 17.8. The van der Waals surface area contributed by atoms with Crippen molar-refractivity contribution >= 4 is 5.97 Å². The van der Waals surface area contributed by atoms with E-state index in [4.69, 9.17) is 13.9 Å². The van der Waals surface area contributed by atoms with E-state index in [0.29, 0.717) is 19.4 Å². The average Bonchev–Trinajstić information content (AvgIpc) is 3.09. The maximum atomic E-state index is 11.8. The van der Waals surface area contributed by atoms with Gasteiger partial charge in [-0.25, -0.2) is 0 Å². The number of hydrogen-bond donors (Lipinski definition) is 0. The molecule has 4 nitrogen and oxygen atoms in total. The number of hydrogen-bond acceptors (Lipinski definition) is 4. The summed E-state index contributed by atoms with van der Waals surface area (Å²) >= 11 is 0. The second-order valence-electron chi connectivity index (χ2n) is 5.80. The van der Waals surface area contributed by atoms with Gasteiger partial charge in [-0.2, -0.15) is 0 Å². The van der Waals surface area contributed by atoms with Gasteiger partial charge in [0.2, 0.25) is 0 Å². The molecule has 0 saturated carbocycles. The van der Waals surface area contributed by atoms with Crippen LogP contribution in [0.25, 0.3) is 11.3 Å². The van der Waals surface area contributed by atoms with Crippen LogP contribution in [0.1, 0.15) is 31.4 Å². The fourth-order valence-electron chi connectivity index (χ4n) is 2.69. The summed E-state index contributed by atoms with van der Waals surface area (Å²) in [5.74, 6) is 1.43. The summed E-state index contributed by atoms with van der Waals surface area (Å²) in [6.07, 6.45) is 4.18. The summed E-state index contributed by atoms with van der Waals surface area (Å²) in [4.78, 5) is 11.8. The van der Waals surface area contributed by atoms with Gasteiger partial charge >= 0.3 is 5.97 Å². The molecule has 1 fully saturated rings. The Kier molecular flexibility index (Phi) is 5.48. The van der Waals surface area contributed by atoms with Crippen LogP contribution in [0.2, 0.25) is 0 Å². The van der Waals surface area contributed by atoms with Crippen molar-refractivity contribution in [3.05, 3.63) is 48.2 Å². The highest BCUT2D eigenvalue weighted by atomic mass is 16.6. The molecule has 4 heteroatoms. The van der Waals surface area contributed by atoms with Crippen LogP contribution in [0.3, 0.4) is 0 Å².